The quantitative estimate of drug-likeness (QED) is 0.163. The Balaban J connectivity index is 2.21. The second kappa shape index (κ2) is 9.07. The number of ketones is 4. The van der Waals surface area contributed by atoms with E-state index < -0.39 is 99.2 Å². The lowest BCUT2D eigenvalue weighted by atomic mass is 9.39. The molecule has 0 aromatic heterocycles. The maximum atomic E-state index is 14.3. The van der Waals surface area contributed by atoms with Gasteiger partial charge >= 0.3 is 7.57 Å². The number of carbonyl (C=O) groups excluding carboxylic acids is 11. The van der Waals surface area contributed by atoms with E-state index >= 15 is 0 Å². The maximum absolute atomic E-state index is 14.3. The van der Waals surface area contributed by atoms with Gasteiger partial charge in [-0.25, -0.2) is 33.6 Å². The minimum absolute atomic E-state index is 0.492. The van der Waals surface area contributed by atoms with Crippen LogP contribution in [-0.2, 0) is 66.3 Å². The molecule has 3 aliphatic carbocycles. The van der Waals surface area contributed by atoms with Crippen LogP contribution in [0.1, 0.15) is 27.2 Å². The molecule has 1 heterocycles. The minimum atomic E-state index is -5.10. The molecular formula is C26H13O14P. The molecule has 4 aliphatic rings. The third-order valence-corrected chi connectivity index (χ3v) is 8.65. The van der Waals surface area contributed by atoms with E-state index in [4.69, 9.17) is 13.6 Å². The van der Waals surface area contributed by atoms with Crippen molar-refractivity contribution in [3.05, 3.63) is 33.6 Å². The third-order valence-electron chi connectivity index (χ3n) is 7.02. The van der Waals surface area contributed by atoms with Crippen molar-refractivity contribution in [2.75, 3.05) is 6.61 Å². The smallest absolute Gasteiger partial charge is 0.399 e. The summed E-state index contributed by atoms with van der Waals surface area (Å²) in [6.45, 7) is 4.25. The molecule has 41 heavy (non-hydrogen) atoms. The normalized spacial score (nSPS) is 32.3. The summed E-state index contributed by atoms with van der Waals surface area (Å²) in [7, 11) is -5.10. The van der Waals surface area contributed by atoms with Gasteiger partial charge in [0.2, 0.25) is 34.4 Å². The SMILES string of the molecule is CC(C)(C)COP1(=C=O)OC(=C=O)C2(C(=C=O)C(=O)C2=C=O)C(=C=O)C(=O)C2(O1)C(=O)C(=C=O)C21CC(=O)C1=C=O. The van der Waals surface area contributed by atoms with Gasteiger partial charge in [0.25, 0.3) is 0 Å². The van der Waals surface area contributed by atoms with Crippen molar-refractivity contribution in [2.45, 2.75) is 32.8 Å². The summed E-state index contributed by atoms with van der Waals surface area (Å²) < 4.78 is 16.6. The highest BCUT2D eigenvalue weighted by Gasteiger charge is 2.86. The van der Waals surface area contributed by atoms with Gasteiger partial charge in [0, 0.05) is 6.42 Å². The zero-order chi connectivity index (χ0) is 30.8. The van der Waals surface area contributed by atoms with Crippen molar-refractivity contribution in [3.8, 4) is 0 Å². The van der Waals surface area contributed by atoms with Gasteiger partial charge in [0.05, 0.1) is 17.8 Å². The maximum Gasteiger partial charge on any atom is 0.399 e. The number of fused-ring (bicyclic) bond motifs is 1. The molecule has 14 nitrogen and oxygen atoms in total. The fourth-order valence-electron chi connectivity index (χ4n) is 5.19. The molecule has 0 N–H and O–H groups in total. The Morgan fingerprint density at radius 2 is 1.27 bits per heavy atom. The standard InChI is InChI=1S/C26H13O14P/c1-23(2,3)11-38-41(12-33)39-19(10-32)25(14(6-28)20(35)15(25)7-29)17(9-31)22(37)26(40-41)21(36)16(8-30)24(26)4-18(34)13(24)5-27/h4,11H2,1-3H3. The summed E-state index contributed by atoms with van der Waals surface area (Å²) >= 11 is 0. The summed E-state index contributed by atoms with van der Waals surface area (Å²) in [5.41, 5.74) is -14.7. The Morgan fingerprint density at radius 1 is 0.756 bits per heavy atom. The van der Waals surface area contributed by atoms with Gasteiger partial charge in [-0.1, -0.05) is 20.8 Å². The van der Waals surface area contributed by atoms with Crippen molar-refractivity contribution >= 4 is 72.0 Å². The van der Waals surface area contributed by atoms with Gasteiger partial charge in [-0.15, -0.1) is 0 Å². The Hall–Kier alpha value is -4.89. The number of rotatable bonds is 2. The molecule has 15 heteroatoms. The Morgan fingerprint density at radius 3 is 1.68 bits per heavy atom. The summed E-state index contributed by atoms with van der Waals surface area (Å²) in [6.07, 6.45) is -0.959. The van der Waals surface area contributed by atoms with Gasteiger partial charge in [-0.3, -0.25) is 28.2 Å². The third kappa shape index (κ3) is 3.17. The van der Waals surface area contributed by atoms with Gasteiger partial charge in [-0.2, -0.15) is 0 Å². The van der Waals surface area contributed by atoms with E-state index in [2.05, 4.69) is 0 Å². The van der Waals surface area contributed by atoms with Crippen LogP contribution >= 0.6 is 7.57 Å². The van der Waals surface area contributed by atoms with Crippen LogP contribution in [0.15, 0.2) is 33.6 Å². The lowest BCUT2D eigenvalue weighted by molar-refractivity contribution is -0.173. The topological polar surface area (TPSA) is 215 Å². The summed E-state index contributed by atoms with van der Waals surface area (Å²) in [6, 6.07) is 0. The highest BCUT2D eigenvalue weighted by molar-refractivity contribution is 7.60. The number of allylic oxidation sites excluding steroid dienone is 1. The fourth-order valence-corrected chi connectivity index (χ4v) is 7.11. The predicted molar refractivity (Wildman–Crippen MR) is 128 cm³/mol. The van der Waals surface area contributed by atoms with E-state index in [0.717, 1.165) is 23.8 Å². The van der Waals surface area contributed by atoms with Crippen LogP contribution in [0.3, 0.4) is 0 Å². The van der Waals surface area contributed by atoms with Crippen molar-refractivity contribution in [2.24, 2.45) is 16.2 Å². The predicted octanol–water partition coefficient (Wildman–Crippen LogP) is -1.15. The molecule has 3 saturated carbocycles. The highest BCUT2D eigenvalue weighted by Crippen LogP contribution is 2.74. The first-order valence-electron chi connectivity index (χ1n) is 11.3. The molecule has 1 aliphatic heterocycles. The van der Waals surface area contributed by atoms with Crippen LogP contribution in [0.5, 0.6) is 0 Å². The first kappa shape index (κ1) is 29.1. The van der Waals surface area contributed by atoms with Gasteiger partial charge in [-0.05, 0) is 5.41 Å². The summed E-state index contributed by atoms with van der Waals surface area (Å²) in [4.78, 5) is 137. The molecule has 3 atom stereocenters. The molecule has 0 aromatic carbocycles. The Labute approximate surface area is 227 Å². The number of hydrogen-bond donors (Lipinski definition) is 0. The monoisotopic (exact) mass is 580 g/mol. The van der Waals surface area contributed by atoms with Crippen LogP contribution in [0.2, 0.25) is 0 Å². The first-order valence-corrected chi connectivity index (χ1v) is 12.8. The van der Waals surface area contributed by atoms with E-state index in [1.807, 2.05) is 0 Å². The summed E-state index contributed by atoms with van der Waals surface area (Å²) in [5.74, 6) is -0.645. The first-order chi connectivity index (χ1) is 19.2. The number of hydrogen-bond acceptors (Lipinski definition) is 14. The summed E-state index contributed by atoms with van der Waals surface area (Å²) in [5, 5.41) is 0. The lowest BCUT2D eigenvalue weighted by Crippen LogP contribution is -2.78. The van der Waals surface area contributed by atoms with E-state index in [1.165, 1.54) is 17.5 Å². The van der Waals surface area contributed by atoms with E-state index in [1.54, 1.807) is 20.8 Å². The molecule has 3 unspecified atom stereocenters. The Bertz CT molecular complexity index is 1780. The minimum Gasteiger partial charge on any atom is -0.415 e. The van der Waals surface area contributed by atoms with E-state index in [-0.39, 0.29) is 0 Å². The van der Waals surface area contributed by atoms with E-state index in [9.17, 15) is 52.7 Å². The molecule has 0 amide bonds. The largest absolute Gasteiger partial charge is 0.415 e. The van der Waals surface area contributed by atoms with E-state index in [0.29, 0.717) is 0 Å². The molecule has 0 aromatic rings. The molecule has 4 fully saturated rings. The van der Waals surface area contributed by atoms with Crippen LogP contribution in [0.4, 0.5) is 0 Å². The Kier molecular flexibility index (Phi) is 6.44. The lowest BCUT2D eigenvalue weighted by Gasteiger charge is -2.60. The van der Waals surface area contributed by atoms with Crippen molar-refractivity contribution in [1.29, 1.82) is 0 Å². The van der Waals surface area contributed by atoms with Crippen LogP contribution in [-0.4, -0.2) is 76.7 Å². The van der Waals surface area contributed by atoms with Gasteiger partial charge in [0.1, 0.15) is 51.8 Å². The fraction of sp³-hybridized carbons (Fsp3) is 0.346. The average molecular weight is 580 g/mol. The molecule has 1 saturated heterocycles. The van der Waals surface area contributed by atoms with Gasteiger partial charge in [0.15, 0.2) is 17.1 Å². The van der Waals surface area contributed by atoms with Crippen LogP contribution in [0, 0.1) is 16.2 Å². The van der Waals surface area contributed by atoms with Crippen molar-refractivity contribution in [3.63, 3.8) is 0 Å². The van der Waals surface area contributed by atoms with Crippen LogP contribution < -0.4 is 0 Å². The average Bonchev–Trinajstić information content (AvgIpc) is 2.91. The molecule has 206 valence electrons. The zero-order valence-corrected chi connectivity index (χ0v) is 22.0. The van der Waals surface area contributed by atoms with Gasteiger partial charge < -0.3 is 4.52 Å². The van der Waals surface area contributed by atoms with Crippen LogP contribution in [0.25, 0.3) is 0 Å². The second-order valence-electron chi connectivity index (χ2n) is 10.3. The molecule has 0 radical (unpaired) electrons. The van der Waals surface area contributed by atoms with Crippen molar-refractivity contribution in [1.82, 2.24) is 0 Å². The molecule has 3 spiro atoms. The molecular weight excluding hydrogens is 567 g/mol. The highest BCUT2D eigenvalue weighted by atomic mass is 31.2. The molecule has 0 bridgehead atoms. The second-order valence-corrected chi connectivity index (χ2v) is 12.1. The number of Topliss-reactive ketones (excluding diaryl/α,β-unsaturated/α-hetero) is 4. The zero-order valence-electron chi connectivity index (χ0n) is 21.1. The number of carbonyl (C=O) groups is 4. The molecule has 4 rings (SSSR count). The van der Waals surface area contributed by atoms with Crippen molar-refractivity contribution < 1.29 is 66.3 Å².